The summed E-state index contributed by atoms with van der Waals surface area (Å²) in [6.07, 6.45) is 1.75. The fraction of sp³-hybridized carbons (Fsp3) is 0.222. The maximum absolute atomic E-state index is 10.7. The van der Waals surface area contributed by atoms with E-state index in [1.807, 2.05) is 32.9 Å². The molecule has 4 nitrogen and oxygen atoms in total. The van der Waals surface area contributed by atoms with Crippen molar-refractivity contribution >= 4 is 28.7 Å². The fourth-order valence-electron chi connectivity index (χ4n) is 2.48. The quantitative estimate of drug-likeness (QED) is 0.741. The van der Waals surface area contributed by atoms with Crippen molar-refractivity contribution in [2.75, 3.05) is 0 Å². The van der Waals surface area contributed by atoms with Crippen molar-refractivity contribution in [1.29, 1.82) is 0 Å². The monoisotopic (exact) mass is 327 g/mol. The number of phenolic OH excluding ortho intramolecular Hbond substituents is 1. The molecule has 0 aliphatic carbocycles. The zero-order valence-corrected chi connectivity index (χ0v) is 14.1. The van der Waals surface area contributed by atoms with E-state index in [0.717, 1.165) is 16.6 Å². The molecule has 3 rings (SSSR count). The first kappa shape index (κ1) is 15.6. The van der Waals surface area contributed by atoms with Crippen LogP contribution in [0.15, 0.2) is 36.9 Å². The van der Waals surface area contributed by atoms with E-state index >= 15 is 0 Å². The second-order valence-electron chi connectivity index (χ2n) is 6.51. The van der Waals surface area contributed by atoms with E-state index in [-0.39, 0.29) is 11.2 Å². The topological polar surface area (TPSA) is 50.9 Å². The first-order valence-electron chi connectivity index (χ1n) is 7.32. The molecule has 0 radical (unpaired) electrons. The zero-order valence-electron chi connectivity index (χ0n) is 13.3. The molecule has 0 aliphatic rings. The summed E-state index contributed by atoms with van der Waals surface area (Å²) < 4.78 is 0. The number of phenols is 1. The molecule has 0 aliphatic heterocycles. The first-order valence-corrected chi connectivity index (χ1v) is 7.70. The largest absolute Gasteiger partial charge is 0.505 e. The average Bonchev–Trinajstić information content (AvgIpc) is 2.89. The number of nitrogens with zero attached hydrogens (tertiary/aromatic N) is 3. The molecule has 0 fully saturated rings. The Morgan fingerprint density at radius 3 is 2.48 bits per heavy atom. The highest BCUT2D eigenvalue weighted by Gasteiger charge is 2.22. The van der Waals surface area contributed by atoms with Crippen molar-refractivity contribution in [3.8, 4) is 11.4 Å². The van der Waals surface area contributed by atoms with Crippen LogP contribution in [0.1, 0.15) is 31.9 Å². The Balaban J connectivity index is 2.26. The highest BCUT2D eigenvalue weighted by molar-refractivity contribution is 6.31. The molecule has 0 unspecified atom stereocenters. The second-order valence-corrected chi connectivity index (χ2v) is 6.95. The van der Waals surface area contributed by atoms with Gasteiger partial charge in [0.2, 0.25) is 0 Å². The number of aromatic hydroxyl groups is 1. The van der Waals surface area contributed by atoms with Crippen LogP contribution in [0.5, 0.6) is 5.75 Å². The number of hydrogen-bond acceptors (Lipinski definition) is 3. The molecule has 0 saturated heterocycles. The van der Waals surface area contributed by atoms with Gasteiger partial charge in [0.05, 0.1) is 0 Å². The van der Waals surface area contributed by atoms with Crippen LogP contribution in [-0.4, -0.2) is 20.1 Å². The Kier molecular flexibility index (Phi) is 3.65. The summed E-state index contributed by atoms with van der Waals surface area (Å²) in [5.41, 5.74) is 3.44. The van der Waals surface area contributed by atoms with Gasteiger partial charge >= 0.3 is 0 Å². The summed E-state index contributed by atoms with van der Waals surface area (Å²) in [5, 5.41) is 20.2. The van der Waals surface area contributed by atoms with Gasteiger partial charge in [-0.2, -0.15) is 0 Å². The molecule has 118 valence electrons. The van der Waals surface area contributed by atoms with E-state index in [4.69, 9.17) is 11.6 Å². The lowest BCUT2D eigenvalue weighted by molar-refractivity contribution is 0.440. The smallest absolute Gasteiger partial charge is 0.146 e. The lowest BCUT2D eigenvalue weighted by Crippen LogP contribution is -2.13. The Morgan fingerprint density at radius 2 is 1.83 bits per heavy atom. The molecular formula is C18H18ClN3O. The van der Waals surface area contributed by atoms with E-state index in [9.17, 15) is 5.11 Å². The van der Waals surface area contributed by atoms with Crippen molar-refractivity contribution in [1.82, 2.24) is 15.0 Å². The molecule has 3 aromatic rings. The highest BCUT2D eigenvalue weighted by atomic mass is 35.5. The summed E-state index contributed by atoms with van der Waals surface area (Å²) in [5.74, 6) is 0.175. The van der Waals surface area contributed by atoms with E-state index < -0.39 is 0 Å². The van der Waals surface area contributed by atoms with Crippen LogP contribution in [0.2, 0.25) is 5.02 Å². The minimum Gasteiger partial charge on any atom is -0.505 e. The molecule has 1 N–H and O–H groups in total. The van der Waals surface area contributed by atoms with Gasteiger partial charge in [-0.3, -0.25) is 0 Å². The molecule has 0 saturated carbocycles. The molecule has 2 aromatic carbocycles. The predicted octanol–water partition coefficient (Wildman–Crippen LogP) is 4.72. The maximum Gasteiger partial charge on any atom is 0.146 e. The van der Waals surface area contributed by atoms with Crippen LogP contribution in [0.25, 0.3) is 22.8 Å². The summed E-state index contributed by atoms with van der Waals surface area (Å²) >= 11 is 6.00. The predicted molar refractivity (Wildman–Crippen MR) is 94.3 cm³/mol. The highest BCUT2D eigenvalue weighted by Crippen LogP contribution is 2.36. The molecule has 5 heteroatoms. The number of hydrogen-bond donors (Lipinski definition) is 1. The Hall–Kier alpha value is -2.33. The van der Waals surface area contributed by atoms with Crippen LogP contribution >= 0.6 is 11.6 Å². The van der Waals surface area contributed by atoms with Crippen LogP contribution in [0.4, 0.5) is 0 Å². The molecule has 1 heterocycles. The van der Waals surface area contributed by atoms with Crippen LogP contribution in [-0.2, 0) is 5.41 Å². The van der Waals surface area contributed by atoms with Gasteiger partial charge in [-0.25, -0.2) is 0 Å². The van der Waals surface area contributed by atoms with E-state index in [2.05, 4.69) is 16.8 Å². The van der Waals surface area contributed by atoms with Gasteiger partial charge in [-0.15, -0.1) is 15.0 Å². The standard InChI is InChI=1S/C18H18ClN3O/c1-5-11-8-13(18(2,3)4)17(23)16(9-11)22-20-14-7-6-12(19)10-15(14)21-22/h5-10,23H,1H2,2-4H3. The van der Waals surface area contributed by atoms with Crippen LogP contribution < -0.4 is 0 Å². The van der Waals surface area contributed by atoms with Crippen molar-refractivity contribution < 1.29 is 5.11 Å². The lowest BCUT2D eigenvalue weighted by Gasteiger charge is -2.22. The number of fused-ring (bicyclic) bond motifs is 1. The maximum atomic E-state index is 10.7. The minimum absolute atomic E-state index is 0.175. The molecule has 23 heavy (non-hydrogen) atoms. The molecular weight excluding hydrogens is 310 g/mol. The van der Waals surface area contributed by atoms with Gasteiger partial charge in [-0.05, 0) is 41.3 Å². The van der Waals surface area contributed by atoms with Crippen LogP contribution in [0.3, 0.4) is 0 Å². The first-order chi connectivity index (χ1) is 10.8. The number of aromatic nitrogens is 3. The third-order valence-corrected chi connectivity index (χ3v) is 3.95. The molecule has 0 spiro atoms. The number of rotatable bonds is 2. The van der Waals surface area contributed by atoms with Gasteiger partial charge < -0.3 is 5.11 Å². The summed E-state index contributed by atoms with van der Waals surface area (Å²) in [6.45, 7) is 9.97. The van der Waals surface area contributed by atoms with Gasteiger partial charge in [0.1, 0.15) is 22.5 Å². The summed E-state index contributed by atoms with van der Waals surface area (Å²) in [4.78, 5) is 1.44. The number of benzene rings is 2. The molecule has 1 aromatic heterocycles. The lowest BCUT2D eigenvalue weighted by atomic mass is 9.85. The van der Waals surface area contributed by atoms with Crippen molar-refractivity contribution in [2.24, 2.45) is 0 Å². The van der Waals surface area contributed by atoms with Gasteiger partial charge in [0, 0.05) is 10.6 Å². The van der Waals surface area contributed by atoms with Crippen molar-refractivity contribution in [3.63, 3.8) is 0 Å². The fourth-order valence-corrected chi connectivity index (χ4v) is 2.64. The van der Waals surface area contributed by atoms with Crippen molar-refractivity contribution in [2.45, 2.75) is 26.2 Å². The third-order valence-electron chi connectivity index (χ3n) is 3.71. The number of halogens is 1. The van der Waals surface area contributed by atoms with E-state index in [0.29, 0.717) is 16.2 Å². The Morgan fingerprint density at radius 1 is 1.13 bits per heavy atom. The third kappa shape index (κ3) is 2.82. The molecule has 0 bridgehead atoms. The summed E-state index contributed by atoms with van der Waals surface area (Å²) in [7, 11) is 0. The van der Waals surface area contributed by atoms with Crippen LogP contribution in [0, 0.1) is 0 Å². The summed E-state index contributed by atoms with van der Waals surface area (Å²) in [6, 6.07) is 9.08. The Bertz CT molecular complexity index is 907. The van der Waals surface area contributed by atoms with Crippen molar-refractivity contribution in [3.05, 3.63) is 53.1 Å². The molecule has 0 atom stereocenters. The van der Waals surface area contributed by atoms with E-state index in [1.165, 1.54) is 4.80 Å². The van der Waals surface area contributed by atoms with Gasteiger partial charge in [0.25, 0.3) is 0 Å². The van der Waals surface area contributed by atoms with Gasteiger partial charge in [-0.1, -0.05) is 45.0 Å². The van der Waals surface area contributed by atoms with E-state index in [1.54, 1.807) is 24.3 Å². The van der Waals surface area contributed by atoms with Gasteiger partial charge in [0.15, 0.2) is 0 Å². The second kappa shape index (κ2) is 5.39. The average molecular weight is 328 g/mol. The zero-order chi connectivity index (χ0) is 16.8. The minimum atomic E-state index is -0.215. The SMILES string of the molecule is C=Cc1cc(-n2nc3ccc(Cl)cc3n2)c(O)c(C(C)(C)C)c1. The molecule has 0 amide bonds. The normalized spacial score (nSPS) is 11.8. The Labute approximate surface area is 140 Å².